The first kappa shape index (κ1) is 21.9. The summed E-state index contributed by atoms with van der Waals surface area (Å²) in [4.78, 5) is 12.9. The number of nitrogens with one attached hydrogen (secondary N) is 1. The minimum atomic E-state index is -0.105. The topological polar surface area (TPSA) is 67.8 Å². The molecule has 4 rings (SSSR count). The molecular weight excluding hydrogens is 402 g/mol. The first-order valence-corrected chi connectivity index (χ1v) is 11.0. The fourth-order valence-corrected chi connectivity index (χ4v) is 4.21. The maximum absolute atomic E-state index is 12.9. The molecule has 0 saturated carbocycles. The molecule has 0 unspecified atom stereocenters. The van der Waals surface area contributed by atoms with Crippen LogP contribution in [0.25, 0.3) is 0 Å². The van der Waals surface area contributed by atoms with Gasteiger partial charge in [0.25, 0.3) is 5.91 Å². The molecule has 166 valence electrons. The number of ether oxygens (including phenoxy) is 2. The Hall–Kier alpha value is -3.31. The standard InChI is InChI=1S/C27H29NO4/c1-31-25-10-9-23(27(30)28-24-16-21-7-2-3-8-22(21)17-24)18-26(25)32-14-12-20-6-4-5-19(15-20)11-13-29/h2-10,15,18,24,29H,11-14,16-17H2,1H3,(H,28,30). The number of hydrogen-bond acceptors (Lipinski definition) is 4. The highest BCUT2D eigenvalue weighted by Gasteiger charge is 2.23. The number of fused-ring (bicyclic) bond motifs is 1. The van der Waals surface area contributed by atoms with Gasteiger partial charge in [0.2, 0.25) is 0 Å². The van der Waals surface area contributed by atoms with E-state index in [9.17, 15) is 4.79 Å². The van der Waals surface area contributed by atoms with E-state index in [1.54, 1.807) is 25.3 Å². The lowest BCUT2D eigenvalue weighted by atomic mass is 10.1. The van der Waals surface area contributed by atoms with Gasteiger partial charge in [-0.25, -0.2) is 0 Å². The lowest BCUT2D eigenvalue weighted by Crippen LogP contribution is -2.35. The van der Waals surface area contributed by atoms with Gasteiger partial charge in [-0.05, 0) is 59.7 Å². The second-order valence-electron chi connectivity index (χ2n) is 8.11. The summed E-state index contributed by atoms with van der Waals surface area (Å²) in [5.74, 6) is 1.05. The van der Waals surface area contributed by atoms with E-state index in [1.165, 1.54) is 11.1 Å². The van der Waals surface area contributed by atoms with Crippen molar-refractivity contribution in [2.75, 3.05) is 20.3 Å². The summed E-state index contributed by atoms with van der Waals surface area (Å²) in [5, 5.41) is 12.3. The molecule has 3 aromatic rings. The summed E-state index contributed by atoms with van der Waals surface area (Å²) in [7, 11) is 1.59. The Morgan fingerprint density at radius 3 is 2.34 bits per heavy atom. The van der Waals surface area contributed by atoms with Crippen LogP contribution in [0.3, 0.4) is 0 Å². The molecule has 0 spiro atoms. The van der Waals surface area contributed by atoms with Gasteiger partial charge in [-0.3, -0.25) is 4.79 Å². The van der Waals surface area contributed by atoms with Crippen LogP contribution in [0.15, 0.2) is 66.7 Å². The quantitative estimate of drug-likeness (QED) is 0.542. The highest BCUT2D eigenvalue weighted by Crippen LogP contribution is 2.29. The second kappa shape index (κ2) is 10.3. The predicted molar refractivity (Wildman–Crippen MR) is 125 cm³/mol. The first-order valence-electron chi connectivity index (χ1n) is 11.0. The van der Waals surface area contributed by atoms with Gasteiger partial charge in [0, 0.05) is 24.6 Å². The first-order chi connectivity index (χ1) is 15.7. The highest BCUT2D eigenvalue weighted by atomic mass is 16.5. The molecule has 0 fully saturated rings. The number of aliphatic hydroxyl groups excluding tert-OH is 1. The Labute approximate surface area is 189 Å². The lowest BCUT2D eigenvalue weighted by Gasteiger charge is -2.15. The van der Waals surface area contributed by atoms with E-state index in [4.69, 9.17) is 14.6 Å². The molecule has 0 saturated heterocycles. The molecule has 0 aliphatic heterocycles. The van der Waals surface area contributed by atoms with Crippen molar-refractivity contribution in [2.24, 2.45) is 0 Å². The van der Waals surface area contributed by atoms with Crippen molar-refractivity contribution in [2.45, 2.75) is 31.7 Å². The van der Waals surface area contributed by atoms with Crippen molar-refractivity contribution < 1.29 is 19.4 Å². The second-order valence-corrected chi connectivity index (χ2v) is 8.11. The van der Waals surface area contributed by atoms with Gasteiger partial charge in [0.15, 0.2) is 11.5 Å². The Morgan fingerprint density at radius 2 is 1.66 bits per heavy atom. The molecule has 0 radical (unpaired) electrons. The van der Waals surface area contributed by atoms with E-state index < -0.39 is 0 Å². The Balaban J connectivity index is 1.38. The molecule has 1 amide bonds. The van der Waals surface area contributed by atoms with Gasteiger partial charge >= 0.3 is 0 Å². The van der Waals surface area contributed by atoms with Crippen LogP contribution < -0.4 is 14.8 Å². The number of aliphatic hydroxyl groups is 1. The van der Waals surface area contributed by atoms with E-state index in [1.807, 2.05) is 30.3 Å². The molecule has 0 heterocycles. The predicted octanol–water partition coefficient (Wildman–Crippen LogP) is 3.75. The molecule has 5 nitrogen and oxygen atoms in total. The third-order valence-corrected chi connectivity index (χ3v) is 5.85. The van der Waals surface area contributed by atoms with Gasteiger partial charge in [-0.1, -0.05) is 48.5 Å². The molecule has 1 aliphatic rings. The van der Waals surface area contributed by atoms with Crippen molar-refractivity contribution in [3.8, 4) is 11.5 Å². The molecule has 1 aliphatic carbocycles. The normalized spacial score (nSPS) is 12.9. The Morgan fingerprint density at radius 1 is 0.938 bits per heavy atom. The largest absolute Gasteiger partial charge is 0.493 e. The highest BCUT2D eigenvalue weighted by molar-refractivity contribution is 5.95. The fourth-order valence-electron chi connectivity index (χ4n) is 4.21. The zero-order valence-electron chi connectivity index (χ0n) is 18.3. The van der Waals surface area contributed by atoms with Crippen LogP contribution in [-0.2, 0) is 25.7 Å². The van der Waals surface area contributed by atoms with Crippen LogP contribution in [0.4, 0.5) is 0 Å². The van der Waals surface area contributed by atoms with Crippen LogP contribution in [0.5, 0.6) is 11.5 Å². The summed E-state index contributed by atoms with van der Waals surface area (Å²) < 4.78 is 11.4. The number of rotatable bonds is 9. The number of carbonyl (C=O) groups excluding carboxylic acids is 1. The van der Waals surface area contributed by atoms with Gasteiger partial charge in [-0.2, -0.15) is 0 Å². The van der Waals surface area contributed by atoms with Crippen molar-refractivity contribution in [1.82, 2.24) is 5.32 Å². The monoisotopic (exact) mass is 431 g/mol. The SMILES string of the molecule is COc1ccc(C(=O)NC2Cc3ccccc3C2)cc1OCCc1cccc(CCO)c1. The van der Waals surface area contributed by atoms with E-state index >= 15 is 0 Å². The maximum atomic E-state index is 12.9. The minimum Gasteiger partial charge on any atom is -0.493 e. The van der Waals surface area contributed by atoms with Crippen LogP contribution in [-0.4, -0.2) is 37.4 Å². The average molecular weight is 432 g/mol. The van der Waals surface area contributed by atoms with Crippen LogP contribution in [0, 0.1) is 0 Å². The van der Waals surface area contributed by atoms with Crippen molar-refractivity contribution >= 4 is 5.91 Å². The number of benzene rings is 3. The minimum absolute atomic E-state index is 0.105. The lowest BCUT2D eigenvalue weighted by molar-refractivity contribution is 0.0938. The zero-order valence-corrected chi connectivity index (χ0v) is 18.3. The van der Waals surface area contributed by atoms with Crippen LogP contribution in [0.1, 0.15) is 32.6 Å². The van der Waals surface area contributed by atoms with Crippen molar-refractivity contribution in [3.05, 3.63) is 94.5 Å². The molecule has 32 heavy (non-hydrogen) atoms. The molecule has 0 atom stereocenters. The molecule has 2 N–H and O–H groups in total. The summed E-state index contributed by atoms with van der Waals surface area (Å²) in [5.41, 5.74) is 5.42. The maximum Gasteiger partial charge on any atom is 0.251 e. The molecule has 3 aromatic carbocycles. The Kier molecular flexibility index (Phi) is 7.07. The summed E-state index contributed by atoms with van der Waals surface area (Å²) in [6.07, 6.45) is 3.08. The fraction of sp³-hybridized carbons (Fsp3) is 0.296. The molecule has 0 bridgehead atoms. The number of amides is 1. The van der Waals surface area contributed by atoms with Gasteiger partial charge in [0.05, 0.1) is 13.7 Å². The van der Waals surface area contributed by atoms with Gasteiger partial charge in [-0.15, -0.1) is 0 Å². The van der Waals surface area contributed by atoms with E-state index in [0.717, 1.165) is 30.4 Å². The third-order valence-electron chi connectivity index (χ3n) is 5.85. The van der Waals surface area contributed by atoms with Gasteiger partial charge < -0.3 is 19.9 Å². The van der Waals surface area contributed by atoms with Crippen molar-refractivity contribution in [1.29, 1.82) is 0 Å². The van der Waals surface area contributed by atoms with E-state index in [-0.39, 0.29) is 18.6 Å². The summed E-state index contributed by atoms with van der Waals surface area (Å²) in [6, 6.07) is 21.9. The zero-order chi connectivity index (χ0) is 22.3. The van der Waals surface area contributed by atoms with Crippen LogP contribution in [0.2, 0.25) is 0 Å². The van der Waals surface area contributed by atoms with Gasteiger partial charge in [0.1, 0.15) is 0 Å². The van der Waals surface area contributed by atoms with E-state index in [2.05, 4.69) is 23.5 Å². The average Bonchev–Trinajstić information content (AvgIpc) is 3.22. The van der Waals surface area contributed by atoms with Crippen LogP contribution >= 0.6 is 0 Å². The molecule has 0 aromatic heterocycles. The number of hydrogen-bond donors (Lipinski definition) is 2. The third kappa shape index (κ3) is 5.29. The van der Waals surface area contributed by atoms with Crippen molar-refractivity contribution in [3.63, 3.8) is 0 Å². The number of methoxy groups -OCH3 is 1. The summed E-state index contributed by atoms with van der Waals surface area (Å²) >= 11 is 0. The summed E-state index contributed by atoms with van der Waals surface area (Å²) in [6.45, 7) is 0.598. The molecular formula is C27H29NO4. The Bertz CT molecular complexity index is 1050. The smallest absolute Gasteiger partial charge is 0.251 e. The van der Waals surface area contributed by atoms with E-state index in [0.29, 0.717) is 30.1 Å². The number of carbonyl (C=O) groups is 1. The molecule has 5 heteroatoms.